The summed E-state index contributed by atoms with van der Waals surface area (Å²) in [5.41, 5.74) is 0.0151. The fourth-order valence-corrected chi connectivity index (χ4v) is 2.27. The molecule has 0 fully saturated rings. The molecule has 3 rings (SSSR count). The minimum Gasteiger partial charge on any atom is -0.384 e. The Morgan fingerprint density at radius 3 is 2.79 bits per heavy atom. The predicted octanol–water partition coefficient (Wildman–Crippen LogP) is 1.30. The molecule has 1 unspecified atom stereocenters. The van der Waals surface area contributed by atoms with Crippen LogP contribution in [0.2, 0.25) is 0 Å². The van der Waals surface area contributed by atoms with Gasteiger partial charge in [-0.15, -0.1) is 0 Å². The molecular formula is C17H17N5O2. The largest absolute Gasteiger partial charge is 0.384 e. The molecule has 0 saturated heterocycles. The summed E-state index contributed by atoms with van der Waals surface area (Å²) in [7, 11) is 0. The van der Waals surface area contributed by atoms with Crippen molar-refractivity contribution in [1.82, 2.24) is 25.1 Å². The van der Waals surface area contributed by atoms with Crippen molar-refractivity contribution in [2.45, 2.75) is 12.5 Å². The van der Waals surface area contributed by atoms with Gasteiger partial charge in [-0.05, 0) is 24.6 Å². The Morgan fingerprint density at radius 2 is 2.08 bits per heavy atom. The Bertz CT molecular complexity index is 816. The van der Waals surface area contributed by atoms with Crippen LogP contribution in [0.15, 0.2) is 61.3 Å². The van der Waals surface area contributed by atoms with E-state index in [1.807, 2.05) is 30.3 Å². The molecular weight excluding hydrogens is 306 g/mol. The Kier molecular flexibility index (Phi) is 4.35. The number of nitrogens with zero attached hydrogens (tertiary/aromatic N) is 4. The Hall–Kier alpha value is -3.06. The highest BCUT2D eigenvalue weighted by atomic mass is 16.3. The van der Waals surface area contributed by atoms with E-state index in [1.54, 1.807) is 19.1 Å². The van der Waals surface area contributed by atoms with Gasteiger partial charge in [-0.25, -0.2) is 14.6 Å². The van der Waals surface area contributed by atoms with Crippen molar-refractivity contribution in [3.8, 4) is 5.82 Å². The second-order valence-electron chi connectivity index (χ2n) is 5.57. The van der Waals surface area contributed by atoms with Crippen LogP contribution >= 0.6 is 0 Å². The van der Waals surface area contributed by atoms with Crippen LogP contribution < -0.4 is 5.32 Å². The second kappa shape index (κ2) is 6.59. The van der Waals surface area contributed by atoms with Crippen LogP contribution in [0, 0.1) is 0 Å². The average molecular weight is 323 g/mol. The molecule has 0 aliphatic carbocycles. The number of nitrogens with one attached hydrogen (secondary N) is 1. The number of carbonyl (C=O) groups excluding carboxylic acids is 1. The fourth-order valence-electron chi connectivity index (χ4n) is 2.27. The molecule has 2 aromatic heterocycles. The minimum absolute atomic E-state index is 0.0941. The molecule has 0 saturated carbocycles. The van der Waals surface area contributed by atoms with Crippen LogP contribution in [-0.2, 0) is 5.60 Å². The number of pyridine rings is 1. The van der Waals surface area contributed by atoms with Gasteiger partial charge < -0.3 is 10.4 Å². The molecule has 3 aromatic rings. The highest BCUT2D eigenvalue weighted by Crippen LogP contribution is 2.19. The first-order valence-corrected chi connectivity index (χ1v) is 7.43. The van der Waals surface area contributed by atoms with Crippen LogP contribution in [0.25, 0.3) is 5.82 Å². The van der Waals surface area contributed by atoms with Crippen LogP contribution in [0.1, 0.15) is 22.8 Å². The van der Waals surface area contributed by atoms with Crippen LogP contribution in [0.5, 0.6) is 0 Å². The molecule has 1 atom stereocenters. The maximum absolute atomic E-state index is 12.3. The molecule has 7 heteroatoms. The minimum atomic E-state index is -1.15. The maximum Gasteiger partial charge on any atom is 0.251 e. The van der Waals surface area contributed by atoms with Crippen molar-refractivity contribution in [2.75, 3.05) is 6.54 Å². The molecule has 0 radical (unpaired) electrons. The summed E-state index contributed by atoms with van der Waals surface area (Å²) in [5.74, 6) is 0.199. The van der Waals surface area contributed by atoms with Gasteiger partial charge in [0.2, 0.25) is 0 Å². The molecule has 0 bridgehead atoms. The Balaban J connectivity index is 1.70. The number of aromatic nitrogens is 4. The standard InChI is InChI=1S/C17H17N5O2/c1-17(24,14-5-3-2-4-6-14)10-20-16(23)13-7-8-19-15(9-13)22-12-18-11-21-22/h2-9,11-12,24H,10H2,1H3,(H,20,23). The SMILES string of the molecule is CC(O)(CNC(=O)c1ccnc(-n2cncn2)c1)c1ccccc1. The lowest BCUT2D eigenvalue weighted by Crippen LogP contribution is -2.38. The molecule has 24 heavy (non-hydrogen) atoms. The van der Waals surface area contributed by atoms with Gasteiger partial charge in [-0.2, -0.15) is 5.10 Å². The zero-order valence-corrected chi connectivity index (χ0v) is 13.1. The van der Waals surface area contributed by atoms with E-state index in [2.05, 4.69) is 20.4 Å². The smallest absolute Gasteiger partial charge is 0.251 e. The molecule has 0 aliphatic rings. The van der Waals surface area contributed by atoms with Gasteiger partial charge in [-0.3, -0.25) is 4.79 Å². The third kappa shape index (κ3) is 3.47. The average Bonchev–Trinajstić information content (AvgIpc) is 3.15. The first-order valence-electron chi connectivity index (χ1n) is 7.43. The van der Waals surface area contributed by atoms with Gasteiger partial charge in [0.1, 0.15) is 18.3 Å². The maximum atomic E-state index is 12.3. The summed E-state index contributed by atoms with van der Waals surface area (Å²) in [5, 5.41) is 17.3. The zero-order chi connectivity index (χ0) is 17.0. The molecule has 2 N–H and O–H groups in total. The van der Waals surface area contributed by atoms with E-state index < -0.39 is 5.60 Å². The van der Waals surface area contributed by atoms with Crippen molar-refractivity contribution < 1.29 is 9.90 Å². The molecule has 0 spiro atoms. The van der Waals surface area contributed by atoms with Gasteiger partial charge in [-0.1, -0.05) is 30.3 Å². The highest BCUT2D eigenvalue weighted by Gasteiger charge is 2.23. The lowest BCUT2D eigenvalue weighted by Gasteiger charge is -2.24. The summed E-state index contributed by atoms with van der Waals surface area (Å²) < 4.78 is 1.47. The lowest BCUT2D eigenvalue weighted by atomic mass is 9.96. The Labute approximate surface area is 139 Å². The number of carbonyl (C=O) groups is 1. The number of hydrogen-bond acceptors (Lipinski definition) is 5. The van der Waals surface area contributed by atoms with Crippen LogP contribution in [-0.4, -0.2) is 37.3 Å². The molecule has 1 amide bonds. The quantitative estimate of drug-likeness (QED) is 0.738. The van der Waals surface area contributed by atoms with E-state index in [4.69, 9.17) is 0 Å². The molecule has 122 valence electrons. The summed E-state index contributed by atoms with van der Waals surface area (Å²) in [6.07, 6.45) is 4.43. The van der Waals surface area contributed by atoms with Gasteiger partial charge in [0.15, 0.2) is 5.82 Å². The zero-order valence-electron chi connectivity index (χ0n) is 13.1. The number of aliphatic hydroxyl groups is 1. The van der Waals surface area contributed by atoms with Crippen molar-refractivity contribution in [3.63, 3.8) is 0 Å². The molecule has 2 heterocycles. The third-order valence-electron chi connectivity index (χ3n) is 3.65. The lowest BCUT2D eigenvalue weighted by molar-refractivity contribution is 0.0526. The molecule has 0 aliphatic heterocycles. The van der Waals surface area contributed by atoms with Crippen molar-refractivity contribution in [2.24, 2.45) is 0 Å². The van der Waals surface area contributed by atoms with E-state index in [0.717, 1.165) is 5.56 Å². The highest BCUT2D eigenvalue weighted by molar-refractivity contribution is 5.94. The van der Waals surface area contributed by atoms with Crippen molar-refractivity contribution in [1.29, 1.82) is 0 Å². The summed E-state index contributed by atoms with van der Waals surface area (Å²) in [6.45, 7) is 1.76. The molecule has 1 aromatic carbocycles. The number of benzene rings is 1. The fraction of sp³-hybridized carbons (Fsp3) is 0.176. The summed E-state index contributed by atoms with van der Waals surface area (Å²) in [6, 6.07) is 12.4. The van der Waals surface area contributed by atoms with E-state index in [0.29, 0.717) is 11.4 Å². The monoisotopic (exact) mass is 323 g/mol. The summed E-state index contributed by atoms with van der Waals surface area (Å²) >= 11 is 0. The molecule has 7 nitrogen and oxygen atoms in total. The first kappa shape index (κ1) is 15.8. The predicted molar refractivity (Wildman–Crippen MR) is 87.5 cm³/mol. The number of rotatable bonds is 5. The van der Waals surface area contributed by atoms with E-state index in [-0.39, 0.29) is 12.5 Å². The third-order valence-corrected chi connectivity index (χ3v) is 3.65. The van der Waals surface area contributed by atoms with Gasteiger partial charge in [0, 0.05) is 11.8 Å². The van der Waals surface area contributed by atoms with E-state index in [1.165, 1.54) is 23.5 Å². The van der Waals surface area contributed by atoms with E-state index >= 15 is 0 Å². The summed E-state index contributed by atoms with van der Waals surface area (Å²) in [4.78, 5) is 20.4. The Morgan fingerprint density at radius 1 is 1.29 bits per heavy atom. The number of amides is 1. The first-order chi connectivity index (χ1) is 11.6. The van der Waals surface area contributed by atoms with Crippen LogP contribution in [0.3, 0.4) is 0 Å². The second-order valence-corrected chi connectivity index (χ2v) is 5.57. The van der Waals surface area contributed by atoms with E-state index in [9.17, 15) is 9.90 Å². The van der Waals surface area contributed by atoms with Crippen molar-refractivity contribution >= 4 is 5.91 Å². The van der Waals surface area contributed by atoms with Gasteiger partial charge in [0.05, 0.1) is 6.54 Å². The van der Waals surface area contributed by atoms with Gasteiger partial charge in [0.25, 0.3) is 5.91 Å². The topological polar surface area (TPSA) is 92.9 Å². The number of hydrogen-bond donors (Lipinski definition) is 2. The van der Waals surface area contributed by atoms with Gasteiger partial charge >= 0.3 is 0 Å². The van der Waals surface area contributed by atoms with Crippen LogP contribution in [0.4, 0.5) is 0 Å². The normalized spacial score (nSPS) is 13.2. The van der Waals surface area contributed by atoms with Crippen molar-refractivity contribution in [3.05, 3.63) is 72.4 Å².